The minimum absolute atomic E-state index is 0.0386. The Morgan fingerprint density at radius 3 is 2.26 bits per heavy atom. The first kappa shape index (κ1) is 30.3. The number of rotatable bonds is 12. The molecule has 0 saturated heterocycles. The predicted octanol–water partition coefficient (Wildman–Crippen LogP) is 4.69. The van der Waals surface area contributed by atoms with E-state index in [1.807, 2.05) is 30.3 Å². The van der Waals surface area contributed by atoms with Crippen LogP contribution < -0.4 is 19.8 Å². The summed E-state index contributed by atoms with van der Waals surface area (Å²) in [5.41, 5.74) is 4.94. The van der Waals surface area contributed by atoms with Crippen LogP contribution in [-0.4, -0.2) is 39.6 Å². The fraction of sp³-hybridized carbons (Fsp3) is 0.129. The first-order valence-electron chi connectivity index (χ1n) is 12.9. The van der Waals surface area contributed by atoms with Crippen LogP contribution in [0.1, 0.15) is 16.7 Å². The van der Waals surface area contributed by atoms with Crippen LogP contribution in [0, 0.1) is 6.92 Å². The molecule has 0 unspecified atom stereocenters. The van der Waals surface area contributed by atoms with Gasteiger partial charge in [0, 0.05) is 11.6 Å². The Balaban J connectivity index is 1.34. The Kier molecular flexibility index (Phi) is 10.3. The van der Waals surface area contributed by atoms with E-state index in [1.165, 1.54) is 24.4 Å². The summed E-state index contributed by atoms with van der Waals surface area (Å²) in [6.45, 7) is 1.50. The standard InChI is InChI=1S/C31H29ClN4O5S/c1-23-12-15-26(32)18-29(23)36(42(39,40)28-10-6-3-7-11-28)21-30(37)35-34-20-25-13-16-27(17-14-25)41-22-31(38)33-19-24-8-4-2-5-9-24/h2-18,20H,19,21-22H2,1H3,(H,33,38)(H,35,37)/b34-20-. The number of carbonyl (C=O) groups is 2. The SMILES string of the molecule is Cc1ccc(Cl)cc1N(CC(=O)N/N=C\c1ccc(OCC(=O)NCc2ccccc2)cc1)S(=O)(=O)c1ccccc1. The number of hydrogen-bond acceptors (Lipinski definition) is 6. The van der Waals surface area contributed by atoms with Crippen molar-refractivity contribution in [1.29, 1.82) is 0 Å². The maximum Gasteiger partial charge on any atom is 0.264 e. The zero-order chi connectivity index (χ0) is 30.0. The number of benzene rings is 4. The van der Waals surface area contributed by atoms with Crippen molar-refractivity contribution in [1.82, 2.24) is 10.7 Å². The second-order valence-corrected chi connectivity index (χ2v) is 11.5. The lowest BCUT2D eigenvalue weighted by Gasteiger charge is -2.25. The molecule has 11 heteroatoms. The fourth-order valence-electron chi connectivity index (χ4n) is 3.86. The number of sulfonamides is 1. The third-order valence-electron chi connectivity index (χ3n) is 6.04. The normalized spacial score (nSPS) is 11.2. The third kappa shape index (κ3) is 8.42. The van der Waals surface area contributed by atoms with Crippen molar-refractivity contribution in [2.75, 3.05) is 17.5 Å². The lowest BCUT2D eigenvalue weighted by Crippen LogP contribution is -2.40. The Hall–Kier alpha value is -4.67. The molecule has 0 aliphatic heterocycles. The van der Waals surface area contributed by atoms with E-state index < -0.39 is 22.5 Å². The molecule has 0 aliphatic carbocycles. The Labute approximate surface area is 249 Å². The van der Waals surface area contributed by atoms with Gasteiger partial charge in [-0.3, -0.25) is 13.9 Å². The molecule has 0 aromatic heterocycles. The molecule has 0 saturated carbocycles. The van der Waals surface area contributed by atoms with Crippen LogP contribution in [0.25, 0.3) is 0 Å². The van der Waals surface area contributed by atoms with Gasteiger partial charge in [-0.1, -0.05) is 66.2 Å². The van der Waals surface area contributed by atoms with Crippen LogP contribution in [0.3, 0.4) is 0 Å². The number of hydrazone groups is 1. The van der Waals surface area contributed by atoms with E-state index in [4.69, 9.17) is 16.3 Å². The van der Waals surface area contributed by atoms with Crippen molar-refractivity contribution < 1.29 is 22.7 Å². The molecule has 4 aromatic rings. The monoisotopic (exact) mass is 604 g/mol. The van der Waals surface area contributed by atoms with E-state index in [9.17, 15) is 18.0 Å². The fourth-order valence-corrected chi connectivity index (χ4v) is 5.53. The predicted molar refractivity (Wildman–Crippen MR) is 163 cm³/mol. The van der Waals surface area contributed by atoms with Gasteiger partial charge in [-0.25, -0.2) is 13.8 Å². The van der Waals surface area contributed by atoms with E-state index in [-0.39, 0.29) is 23.1 Å². The molecule has 42 heavy (non-hydrogen) atoms. The lowest BCUT2D eigenvalue weighted by atomic mass is 10.2. The van der Waals surface area contributed by atoms with Gasteiger partial charge < -0.3 is 10.1 Å². The van der Waals surface area contributed by atoms with Crippen molar-refractivity contribution in [2.45, 2.75) is 18.4 Å². The molecule has 0 atom stereocenters. The molecule has 9 nitrogen and oxygen atoms in total. The quantitative estimate of drug-likeness (QED) is 0.180. The van der Waals surface area contributed by atoms with Gasteiger partial charge in [0.25, 0.3) is 21.8 Å². The van der Waals surface area contributed by atoms with Gasteiger partial charge in [-0.2, -0.15) is 5.10 Å². The average Bonchev–Trinajstić information content (AvgIpc) is 3.00. The summed E-state index contributed by atoms with van der Waals surface area (Å²) in [6, 6.07) is 29.0. The Bertz CT molecular complexity index is 1650. The highest BCUT2D eigenvalue weighted by Crippen LogP contribution is 2.29. The van der Waals surface area contributed by atoms with Gasteiger partial charge in [0.2, 0.25) is 0 Å². The van der Waals surface area contributed by atoms with Crippen LogP contribution in [0.5, 0.6) is 5.75 Å². The Morgan fingerprint density at radius 1 is 0.905 bits per heavy atom. The Morgan fingerprint density at radius 2 is 1.57 bits per heavy atom. The number of nitrogens with one attached hydrogen (secondary N) is 2. The zero-order valence-electron chi connectivity index (χ0n) is 22.7. The van der Waals surface area contributed by atoms with E-state index in [0.717, 1.165) is 9.87 Å². The maximum atomic E-state index is 13.5. The van der Waals surface area contributed by atoms with Gasteiger partial charge in [0.1, 0.15) is 12.3 Å². The maximum absolute atomic E-state index is 13.5. The summed E-state index contributed by atoms with van der Waals surface area (Å²) >= 11 is 6.15. The zero-order valence-corrected chi connectivity index (χ0v) is 24.3. The lowest BCUT2D eigenvalue weighted by molar-refractivity contribution is -0.123. The minimum atomic E-state index is -4.08. The van der Waals surface area contributed by atoms with Crippen LogP contribution >= 0.6 is 11.6 Å². The number of anilines is 1. The average molecular weight is 605 g/mol. The van der Waals surface area contributed by atoms with Crippen molar-refractivity contribution in [2.24, 2.45) is 5.10 Å². The van der Waals surface area contributed by atoms with E-state index in [2.05, 4.69) is 15.8 Å². The van der Waals surface area contributed by atoms with Crippen molar-refractivity contribution in [3.05, 3.63) is 125 Å². The molecule has 0 spiro atoms. The molecule has 0 radical (unpaired) electrons. The van der Waals surface area contributed by atoms with E-state index in [0.29, 0.717) is 28.4 Å². The van der Waals surface area contributed by atoms with Crippen molar-refractivity contribution >= 4 is 45.3 Å². The number of ether oxygens (including phenoxy) is 1. The number of halogens is 1. The number of nitrogens with zero attached hydrogens (tertiary/aromatic N) is 2. The number of amides is 2. The summed E-state index contributed by atoms with van der Waals surface area (Å²) in [4.78, 5) is 24.9. The number of aryl methyl sites for hydroxylation is 1. The molecule has 216 valence electrons. The second kappa shape index (κ2) is 14.3. The highest BCUT2D eigenvalue weighted by molar-refractivity contribution is 7.92. The largest absolute Gasteiger partial charge is 0.484 e. The summed E-state index contributed by atoms with van der Waals surface area (Å²) in [5, 5.41) is 7.09. The molecule has 2 amide bonds. The van der Waals surface area contributed by atoms with Gasteiger partial charge in [0.05, 0.1) is 16.8 Å². The second-order valence-electron chi connectivity index (χ2n) is 9.17. The number of hydrogen-bond donors (Lipinski definition) is 2. The highest BCUT2D eigenvalue weighted by Gasteiger charge is 2.28. The van der Waals surface area contributed by atoms with E-state index >= 15 is 0 Å². The van der Waals surface area contributed by atoms with E-state index in [1.54, 1.807) is 61.5 Å². The number of carbonyl (C=O) groups excluding carboxylic acids is 2. The van der Waals surface area contributed by atoms with Crippen LogP contribution in [0.4, 0.5) is 5.69 Å². The highest BCUT2D eigenvalue weighted by atomic mass is 35.5. The molecule has 0 bridgehead atoms. The van der Waals surface area contributed by atoms with Crippen LogP contribution in [0.15, 0.2) is 113 Å². The van der Waals surface area contributed by atoms with Crippen LogP contribution in [-0.2, 0) is 26.2 Å². The minimum Gasteiger partial charge on any atom is -0.484 e. The molecular formula is C31H29ClN4O5S. The van der Waals surface area contributed by atoms with Gasteiger partial charge in [-0.05, 0) is 72.1 Å². The summed E-state index contributed by atoms with van der Waals surface area (Å²) in [6.07, 6.45) is 1.41. The first-order chi connectivity index (χ1) is 20.2. The summed E-state index contributed by atoms with van der Waals surface area (Å²) in [5.74, 6) is -0.403. The van der Waals surface area contributed by atoms with Crippen molar-refractivity contribution in [3.8, 4) is 5.75 Å². The molecule has 0 fully saturated rings. The van der Waals surface area contributed by atoms with Gasteiger partial charge in [0.15, 0.2) is 6.61 Å². The summed E-state index contributed by atoms with van der Waals surface area (Å²) < 4.78 is 33.5. The molecule has 2 N–H and O–H groups in total. The molecular weight excluding hydrogens is 576 g/mol. The topological polar surface area (TPSA) is 117 Å². The third-order valence-corrected chi connectivity index (χ3v) is 8.05. The first-order valence-corrected chi connectivity index (χ1v) is 14.7. The molecule has 0 heterocycles. The van der Waals surface area contributed by atoms with Crippen molar-refractivity contribution in [3.63, 3.8) is 0 Å². The van der Waals surface area contributed by atoms with Crippen LogP contribution in [0.2, 0.25) is 5.02 Å². The molecule has 4 aromatic carbocycles. The van der Waals surface area contributed by atoms with Gasteiger partial charge >= 0.3 is 0 Å². The summed E-state index contributed by atoms with van der Waals surface area (Å²) in [7, 11) is -4.08. The molecule has 4 rings (SSSR count). The molecule has 0 aliphatic rings. The van der Waals surface area contributed by atoms with Gasteiger partial charge in [-0.15, -0.1) is 0 Å². The smallest absolute Gasteiger partial charge is 0.264 e.